The second-order valence-corrected chi connectivity index (χ2v) is 14.1. The standard InChI is InChI=1S/C31H35N9O7S2/c1-46-23-7-3-20(4-8-23)16-35-49(44,45)30-28(48(42,43)36-17-22(41)15-32)12-11-26(25-13-14-34-18-27(25)33)29(30)31-37-39-40(38-31)19-21-5-9-24(47-2)10-6-21/h3-14,18,22,35-36,41H,15-17,19,32-33H2,1-2H3/t22-/m0/s1. The molecule has 2 aromatic heterocycles. The molecule has 0 aliphatic carbocycles. The number of nitrogens with two attached hydrogens (primary N) is 2. The number of aromatic nitrogens is 5. The van der Waals surface area contributed by atoms with Crippen molar-refractivity contribution in [3.05, 3.63) is 90.3 Å². The van der Waals surface area contributed by atoms with Gasteiger partial charge in [-0.2, -0.15) is 4.80 Å². The molecule has 0 saturated heterocycles. The van der Waals surface area contributed by atoms with Crippen LogP contribution in [-0.2, 0) is 33.1 Å². The number of ether oxygens (including phenoxy) is 2. The predicted octanol–water partition coefficient (Wildman–Crippen LogP) is 1.13. The molecule has 0 unspecified atom stereocenters. The van der Waals surface area contributed by atoms with E-state index < -0.39 is 42.5 Å². The molecule has 0 saturated carbocycles. The van der Waals surface area contributed by atoms with E-state index in [1.54, 1.807) is 61.7 Å². The molecule has 18 heteroatoms. The van der Waals surface area contributed by atoms with Gasteiger partial charge in [0.05, 0.1) is 44.3 Å². The lowest BCUT2D eigenvalue weighted by molar-refractivity contribution is 0.186. The zero-order valence-electron chi connectivity index (χ0n) is 26.5. The maximum atomic E-state index is 14.4. The fraction of sp³-hybridized carbons (Fsp3) is 0.226. The Labute approximate surface area is 283 Å². The Balaban J connectivity index is 1.70. The molecule has 3 aromatic carbocycles. The molecular formula is C31H35N9O7S2. The Morgan fingerprint density at radius 2 is 1.51 bits per heavy atom. The van der Waals surface area contributed by atoms with Crippen LogP contribution in [0.4, 0.5) is 5.69 Å². The van der Waals surface area contributed by atoms with E-state index in [-0.39, 0.29) is 42.3 Å². The van der Waals surface area contributed by atoms with Crippen molar-refractivity contribution in [1.29, 1.82) is 0 Å². The van der Waals surface area contributed by atoms with Crippen LogP contribution < -0.4 is 30.4 Å². The van der Waals surface area contributed by atoms with Crippen LogP contribution in [0.3, 0.4) is 0 Å². The summed E-state index contributed by atoms with van der Waals surface area (Å²) in [5, 5.41) is 22.8. The summed E-state index contributed by atoms with van der Waals surface area (Å²) in [5.74, 6) is 1.03. The molecule has 5 rings (SSSR count). The number of pyridine rings is 1. The van der Waals surface area contributed by atoms with Crippen LogP contribution in [0.2, 0.25) is 0 Å². The molecular weight excluding hydrogens is 675 g/mol. The monoisotopic (exact) mass is 709 g/mol. The first-order chi connectivity index (χ1) is 23.5. The van der Waals surface area contributed by atoms with E-state index in [4.69, 9.17) is 20.9 Å². The van der Waals surface area contributed by atoms with Crippen molar-refractivity contribution in [2.24, 2.45) is 5.73 Å². The van der Waals surface area contributed by atoms with Gasteiger partial charge >= 0.3 is 0 Å². The Morgan fingerprint density at radius 3 is 2.12 bits per heavy atom. The first-order valence-electron chi connectivity index (χ1n) is 14.7. The van der Waals surface area contributed by atoms with Gasteiger partial charge in [0.2, 0.25) is 25.9 Å². The first-order valence-corrected chi connectivity index (χ1v) is 17.7. The topological polar surface area (TPSA) is 240 Å². The zero-order chi connectivity index (χ0) is 35.2. The van der Waals surface area contributed by atoms with Crippen molar-refractivity contribution in [3.8, 4) is 34.0 Å². The van der Waals surface area contributed by atoms with E-state index >= 15 is 0 Å². The molecule has 0 aliphatic rings. The second-order valence-electron chi connectivity index (χ2n) is 10.7. The maximum absolute atomic E-state index is 14.4. The molecule has 0 bridgehead atoms. The number of sulfonamides is 2. The Morgan fingerprint density at radius 1 is 0.857 bits per heavy atom. The van der Waals surface area contributed by atoms with Gasteiger partial charge in [0.15, 0.2) is 0 Å². The molecule has 5 aromatic rings. The molecule has 16 nitrogen and oxygen atoms in total. The molecule has 0 radical (unpaired) electrons. The molecule has 0 fully saturated rings. The average molecular weight is 710 g/mol. The molecule has 0 aliphatic heterocycles. The number of hydrogen-bond donors (Lipinski definition) is 5. The number of nitrogens with one attached hydrogen (secondary N) is 2. The van der Waals surface area contributed by atoms with Gasteiger partial charge in [-0.05, 0) is 58.3 Å². The smallest absolute Gasteiger partial charge is 0.242 e. The van der Waals surface area contributed by atoms with Gasteiger partial charge in [-0.15, -0.1) is 10.2 Å². The minimum atomic E-state index is -4.69. The number of aliphatic hydroxyl groups excluding tert-OH is 1. The fourth-order valence-corrected chi connectivity index (χ4v) is 7.93. The lowest BCUT2D eigenvalue weighted by Crippen LogP contribution is -2.37. The molecule has 49 heavy (non-hydrogen) atoms. The highest BCUT2D eigenvalue weighted by atomic mass is 32.2. The largest absolute Gasteiger partial charge is 0.497 e. The van der Waals surface area contributed by atoms with Crippen LogP contribution in [0.25, 0.3) is 22.5 Å². The molecule has 2 heterocycles. The van der Waals surface area contributed by atoms with Crippen LogP contribution >= 0.6 is 0 Å². The van der Waals surface area contributed by atoms with Gasteiger partial charge in [0.1, 0.15) is 21.3 Å². The molecule has 0 spiro atoms. The third-order valence-electron chi connectivity index (χ3n) is 7.39. The average Bonchev–Trinajstić information content (AvgIpc) is 3.58. The van der Waals surface area contributed by atoms with Crippen LogP contribution in [0.15, 0.2) is 88.9 Å². The normalized spacial score (nSPS) is 12.5. The fourth-order valence-electron chi connectivity index (χ4n) is 4.81. The summed E-state index contributed by atoms with van der Waals surface area (Å²) in [4.78, 5) is 3.99. The first kappa shape index (κ1) is 35.3. The SMILES string of the molecule is COc1ccc(CNS(=O)(=O)c2c(S(=O)(=O)NC[C@@H](O)CN)ccc(-c3ccncc3N)c2-c2nnn(Cc3ccc(OC)cc3)n2)cc1. The number of tetrazole rings is 1. The lowest BCUT2D eigenvalue weighted by Gasteiger charge is -2.19. The van der Waals surface area contributed by atoms with Gasteiger partial charge < -0.3 is 26.0 Å². The summed E-state index contributed by atoms with van der Waals surface area (Å²) >= 11 is 0. The Hall–Kier alpha value is -4.98. The van der Waals surface area contributed by atoms with Crippen molar-refractivity contribution in [3.63, 3.8) is 0 Å². The van der Waals surface area contributed by atoms with Crippen molar-refractivity contribution in [1.82, 2.24) is 34.6 Å². The summed E-state index contributed by atoms with van der Waals surface area (Å²) in [6.07, 6.45) is 1.61. The highest BCUT2D eigenvalue weighted by Crippen LogP contribution is 2.41. The number of benzene rings is 3. The van der Waals surface area contributed by atoms with Gasteiger partial charge in [0, 0.05) is 31.4 Å². The van der Waals surface area contributed by atoms with Crippen molar-refractivity contribution < 1.29 is 31.4 Å². The molecule has 258 valence electrons. The number of nitrogen functional groups attached to an aromatic ring is 1. The van der Waals surface area contributed by atoms with Gasteiger partial charge in [-0.3, -0.25) is 4.98 Å². The van der Waals surface area contributed by atoms with E-state index in [9.17, 15) is 21.9 Å². The Bertz CT molecular complexity index is 2130. The molecule has 1 atom stereocenters. The predicted molar refractivity (Wildman–Crippen MR) is 180 cm³/mol. The summed E-state index contributed by atoms with van der Waals surface area (Å²) in [5.41, 5.74) is 13.7. The number of hydrogen-bond acceptors (Lipinski definition) is 13. The van der Waals surface area contributed by atoms with E-state index in [1.165, 1.54) is 30.4 Å². The van der Waals surface area contributed by atoms with Gasteiger partial charge in [0.25, 0.3) is 0 Å². The second kappa shape index (κ2) is 15.1. The van der Waals surface area contributed by atoms with Gasteiger partial charge in [-0.1, -0.05) is 30.3 Å². The number of anilines is 1. The highest BCUT2D eigenvalue weighted by Gasteiger charge is 2.34. The van der Waals surface area contributed by atoms with Crippen LogP contribution in [-0.4, -0.2) is 80.5 Å². The van der Waals surface area contributed by atoms with E-state index in [2.05, 4.69) is 29.8 Å². The summed E-state index contributed by atoms with van der Waals surface area (Å²) in [7, 11) is -6.23. The maximum Gasteiger partial charge on any atom is 0.242 e. The Kier molecular flexibility index (Phi) is 10.9. The number of methoxy groups -OCH3 is 2. The van der Waals surface area contributed by atoms with E-state index in [0.29, 0.717) is 22.6 Å². The van der Waals surface area contributed by atoms with Crippen molar-refractivity contribution in [2.45, 2.75) is 29.0 Å². The van der Waals surface area contributed by atoms with E-state index in [1.807, 2.05) is 0 Å². The van der Waals surface area contributed by atoms with E-state index in [0.717, 1.165) is 11.6 Å². The minimum Gasteiger partial charge on any atom is -0.497 e. The third-order valence-corrected chi connectivity index (χ3v) is 10.5. The molecule has 7 N–H and O–H groups in total. The number of nitrogens with zero attached hydrogens (tertiary/aromatic N) is 5. The third kappa shape index (κ3) is 8.19. The summed E-state index contributed by atoms with van der Waals surface area (Å²) in [6, 6.07) is 17.9. The number of rotatable bonds is 15. The van der Waals surface area contributed by atoms with Crippen molar-refractivity contribution >= 4 is 25.7 Å². The quantitative estimate of drug-likeness (QED) is 0.103. The summed E-state index contributed by atoms with van der Waals surface area (Å²) in [6.45, 7) is -0.756. The molecule has 0 amide bonds. The highest BCUT2D eigenvalue weighted by molar-refractivity contribution is 7.92. The summed E-state index contributed by atoms with van der Waals surface area (Å²) < 4.78 is 71.5. The van der Waals surface area contributed by atoms with Crippen LogP contribution in [0.5, 0.6) is 11.5 Å². The number of aliphatic hydroxyl groups is 1. The van der Waals surface area contributed by atoms with Gasteiger partial charge in [-0.25, -0.2) is 26.3 Å². The lowest BCUT2D eigenvalue weighted by atomic mass is 9.99. The van der Waals surface area contributed by atoms with Crippen LogP contribution in [0, 0.1) is 0 Å². The van der Waals surface area contributed by atoms with Crippen molar-refractivity contribution in [2.75, 3.05) is 33.0 Å². The van der Waals surface area contributed by atoms with Crippen LogP contribution in [0.1, 0.15) is 11.1 Å². The zero-order valence-corrected chi connectivity index (χ0v) is 28.1. The minimum absolute atomic E-state index is 0.151.